The number of hydrogen-bond donors (Lipinski definition) is 0. The zero-order valence-electron chi connectivity index (χ0n) is 27.4. The van der Waals surface area contributed by atoms with Gasteiger partial charge in [0.2, 0.25) is 23.6 Å². The molecule has 1 unspecified atom stereocenters. The molecule has 12 heteroatoms. The van der Waals surface area contributed by atoms with Gasteiger partial charge in [0.1, 0.15) is 6.61 Å². The van der Waals surface area contributed by atoms with Crippen LogP contribution in [0.1, 0.15) is 81.1 Å². The molecule has 1 saturated heterocycles. The molecule has 0 bridgehead atoms. The first-order valence-electron chi connectivity index (χ1n) is 14.6. The first-order valence-corrected chi connectivity index (χ1v) is 17.0. The Hall–Kier alpha value is -1.79. The molecular formula is C30H53N3O7S2. The SMILES string of the molecule is CN(CCN(C)C(=O)CCC(C)(C)SSCCOC(=O)C(C)(C)C)C(=O)CCOCCN1C(=O)CC(C(C)(C)C)C1=O. The van der Waals surface area contributed by atoms with Crippen molar-refractivity contribution in [1.82, 2.24) is 14.7 Å². The summed E-state index contributed by atoms with van der Waals surface area (Å²) in [5.74, 6) is -0.224. The van der Waals surface area contributed by atoms with Crippen molar-refractivity contribution in [2.75, 3.05) is 59.3 Å². The Morgan fingerprint density at radius 2 is 1.45 bits per heavy atom. The highest BCUT2D eigenvalue weighted by Crippen LogP contribution is 2.39. The van der Waals surface area contributed by atoms with E-state index in [1.165, 1.54) is 4.90 Å². The van der Waals surface area contributed by atoms with Crippen LogP contribution in [0.25, 0.3) is 0 Å². The molecule has 0 spiro atoms. The van der Waals surface area contributed by atoms with Gasteiger partial charge in [-0.2, -0.15) is 0 Å². The first-order chi connectivity index (χ1) is 19.3. The van der Waals surface area contributed by atoms with Crippen molar-refractivity contribution in [2.24, 2.45) is 16.7 Å². The van der Waals surface area contributed by atoms with Gasteiger partial charge in [-0.15, -0.1) is 0 Å². The summed E-state index contributed by atoms with van der Waals surface area (Å²) in [4.78, 5) is 66.2. The third-order valence-electron chi connectivity index (χ3n) is 7.07. The summed E-state index contributed by atoms with van der Waals surface area (Å²) in [5.41, 5.74) is -0.768. The van der Waals surface area contributed by atoms with Crippen molar-refractivity contribution in [3.8, 4) is 0 Å². The lowest BCUT2D eigenvalue weighted by Gasteiger charge is -2.26. The fraction of sp³-hybridized carbons (Fsp3) is 0.833. The lowest BCUT2D eigenvalue weighted by atomic mass is 9.80. The molecule has 0 N–H and O–H groups in total. The average Bonchev–Trinajstić information content (AvgIpc) is 3.17. The molecule has 1 rings (SSSR count). The maximum absolute atomic E-state index is 12.7. The Kier molecular flexibility index (Phi) is 15.4. The molecule has 1 aliphatic rings. The number of esters is 1. The quantitative estimate of drug-likeness (QED) is 0.101. The van der Waals surface area contributed by atoms with E-state index in [4.69, 9.17) is 9.47 Å². The standard InChI is InChI=1S/C30H53N3O7S2/c1-28(2,3)22-21-25(36)33(26(22)37)16-18-39-17-12-24(35)32(10)15-14-31(9)23(34)11-13-30(7,8)42-41-20-19-40-27(38)29(4,5)6/h22H,11-21H2,1-10H3. The zero-order chi connectivity index (χ0) is 32.3. The highest BCUT2D eigenvalue weighted by Gasteiger charge is 2.44. The third kappa shape index (κ3) is 13.7. The number of rotatable bonds is 17. The van der Waals surface area contributed by atoms with Crippen LogP contribution in [0.2, 0.25) is 0 Å². The normalized spacial score (nSPS) is 16.1. The summed E-state index contributed by atoms with van der Waals surface area (Å²) in [7, 11) is 6.76. The van der Waals surface area contributed by atoms with Crippen LogP contribution in [-0.2, 0) is 33.4 Å². The maximum atomic E-state index is 12.7. The van der Waals surface area contributed by atoms with E-state index < -0.39 is 5.41 Å². The molecule has 0 aromatic rings. The molecular weight excluding hydrogens is 578 g/mol. The van der Waals surface area contributed by atoms with E-state index in [9.17, 15) is 24.0 Å². The largest absolute Gasteiger partial charge is 0.464 e. The number of nitrogens with zero attached hydrogens (tertiary/aromatic N) is 3. The molecule has 10 nitrogen and oxygen atoms in total. The smallest absolute Gasteiger partial charge is 0.311 e. The molecule has 1 fully saturated rings. The van der Waals surface area contributed by atoms with E-state index >= 15 is 0 Å². The van der Waals surface area contributed by atoms with Crippen molar-refractivity contribution in [2.45, 2.75) is 85.8 Å². The van der Waals surface area contributed by atoms with E-state index in [-0.39, 0.29) is 78.3 Å². The molecule has 0 aliphatic carbocycles. The van der Waals surface area contributed by atoms with Crippen LogP contribution in [0.3, 0.4) is 0 Å². The first kappa shape index (κ1) is 38.2. The molecule has 0 saturated carbocycles. The summed E-state index contributed by atoms with van der Waals surface area (Å²) in [6.45, 7) is 17.3. The van der Waals surface area contributed by atoms with Crippen LogP contribution in [-0.4, -0.2) is 108 Å². The van der Waals surface area contributed by atoms with Crippen molar-refractivity contribution < 1.29 is 33.4 Å². The molecule has 4 amide bonds. The van der Waals surface area contributed by atoms with E-state index in [2.05, 4.69) is 13.8 Å². The Balaban J connectivity index is 2.24. The van der Waals surface area contributed by atoms with Crippen LogP contribution < -0.4 is 0 Å². The summed E-state index contributed by atoms with van der Waals surface area (Å²) >= 11 is 0. The molecule has 1 heterocycles. The number of imide groups is 1. The van der Waals surface area contributed by atoms with Gasteiger partial charge >= 0.3 is 5.97 Å². The lowest BCUT2D eigenvalue weighted by Crippen LogP contribution is -2.38. The minimum absolute atomic E-state index is 0.0247. The third-order valence-corrected chi connectivity index (χ3v) is 10.4. The van der Waals surface area contributed by atoms with Crippen molar-refractivity contribution in [1.29, 1.82) is 0 Å². The highest BCUT2D eigenvalue weighted by atomic mass is 33.1. The maximum Gasteiger partial charge on any atom is 0.311 e. The molecule has 42 heavy (non-hydrogen) atoms. The number of amides is 4. The van der Waals surface area contributed by atoms with Crippen LogP contribution in [0.5, 0.6) is 0 Å². The second-order valence-corrected chi connectivity index (χ2v) is 16.7. The topological polar surface area (TPSA) is 114 Å². The Bertz CT molecular complexity index is 944. The second-order valence-electron chi connectivity index (χ2n) is 13.6. The predicted molar refractivity (Wildman–Crippen MR) is 169 cm³/mol. The van der Waals surface area contributed by atoms with Crippen LogP contribution in [0, 0.1) is 16.7 Å². The van der Waals surface area contributed by atoms with Gasteiger partial charge in [0.05, 0.1) is 37.5 Å². The number of likely N-dealkylation sites (tertiary alicyclic amines) is 1. The predicted octanol–water partition coefficient (Wildman–Crippen LogP) is 4.26. The molecule has 242 valence electrons. The van der Waals surface area contributed by atoms with Gasteiger partial charge in [-0.1, -0.05) is 42.4 Å². The Morgan fingerprint density at radius 1 is 0.881 bits per heavy atom. The van der Waals surface area contributed by atoms with E-state index in [1.807, 2.05) is 41.5 Å². The van der Waals surface area contributed by atoms with E-state index in [0.717, 1.165) is 0 Å². The van der Waals surface area contributed by atoms with Crippen LogP contribution >= 0.6 is 21.6 Å². The summed E-state index contributed by atoms with van der Waals surface area (Å²) in [5, 5.41) is 0. The Morgan fingerprint density at radius 3 is 1.98 bits per heavy atom. The molecule has 1 aliphatic heterocycles. The van der Waals surface area contributed by atoms with Crippen molar-refractivity contribution in [3.63, 3.8) is 0 Å². The van der Waals surface area contributed by atoms with E-state index in [0.29, 0.717) is 38.3 Å². The summed E-state index contributed by atoms with van der Waals surface area (Å²) < 4.78 is 10.7. The summed E-state index contributed by atoms with van der Waals surface area (Å²) in [6, 6.07) is 0. The minimum Gasteiger partial charge on any atom is -0.464 e. The monoisotopic (exact) mass is 631 g/mol. The minimum atomic E-state index is -0.503. The lowest BCUT2D eigenvalue weighted by molar-refractivity contribution is -0.152. The molecule has 0 radical (unpaired) electrons. The number of hydrogen-bond acceptors (Lipinski definition) is 9. The van der Waals surface area contributed by atoms with Gasteiger partial charge in [0.25, 0.3) is 0 Å². The highest BCUT2D eigenvalue weighted by molar-refractivity contribution is 8.77. The Labute approximate surface area is 260 Å². The van der Waals surface area contributed by atoms with Crippen molar-refractivity contribution >= 4 is 51.2 Å². The molecule has 0 aromatic heterocycles. The average molecular weight is 632 g/mol. The van der Waals surface area contributed by atoms with Gasteiger partial charge in [0.15, 0.2) is 0 Å². The van der Waals surface area contributed by atoms with Gasteiger partial charge in [0, 0.05) is 50.5 Å². The summed E-state index contributed by atoms with van der Waals surface area (Å²) in [6.07, 6.45) is 1.52. The van der Waals surface area contributed by atoms with Crippen LogP contribution in [0.15, 0.2) is 0 Å². The molecule has 0 aromatic carbocycles. The number of ether oxygens (including phenoxy) is 2. The van der Waals surface area contributed by atoms with Gasteiger partial charge in [-0.25, -0.2) is 0 Å². The van der Waals surface area contributed by atoms with Crippen LogP contribution in [0.4, 0.5) is 0 Å². The number of carbonyl (C=O) groups is 5. The van der Waals surface area contributed by atoms with Gasteiger partial charge in [-0.05, 0) is 46.5 Å². The second kappa shape index (κ2) is 16.9. The fourth-order valence-corrected chi connectivity index (χ4v) is 6.38. The number of likely N-dealkylation sites (N-methyl/N-ethyl adjacent to an activating group) is 2. The number of carbonyl (C=O) groups excluding carboxylic acids is 5. The van der Waals surface area contributed by atoms with Gasteiger partial charge in [-0.3, -0.25) is 28.9 Å². The van der Waals surface area contributed by atoms with Gasteiger partial charge < -0.3 is 19.3 Å². The fourth-order valence-electron chi connectivity index (χ4n) is 3.98. The molecule has 1 atom stereocenters. The van der Waals surface area contributed by atoms with Crippen molar-refractivity contribution in [3.05, 3.63) is 0 Å². The zero-order valence-corrected chi connectivity index (χ0v) is 29.0. The van der Waals surface area contributed by atoms with E-state index in [1.54, 1.807) is 45.5 Å².